The largest absolute Gasteiger partial charge is 0.481 e. The van der Waals surface area contributed by atoms with Crippen LogP contribution in [-0.4, -0.2) is 87.5 Å². The number of carbonyl (C=O) groups is 1. The minimum Gasteiger partial charge on any atom is -0.481 e. The second-order valence-corrected chi connectivity index (χ2v) is 19.7. The average Bonchev–Trinajstić information content (AvgIpc) is 3.65. The van der Waals surface area contributed by atoms with Crippen LogP contribution in [0.2, 0.25) is 0 Å². The molecule has 2 bridgehead atoms. The maximum Gasteiger partial charge on any atom is 0.307 e. The monoisotopic (exact) mass is 744 g/mol. The van der Waals surface area contributed by atoms with E-state index in [0.29, 0.717) is 50.8 Å². The lowest BCUT2D eigenvalue weighted by molar-refractivity contribution is -0.255. The molecule has 4 aliphatic carbocycles. The molecular weight excluding hydrogens is 681 g/mol. The molecule has 6 aliphatic rings. The number of aliphatic carboxylic acids is 1. The van der Waals surface area contributed by atoms with Crippen LogP contribution in [0, 0.1) is 56.7 Å². The maximum absolute atomic E-state index is 13.7. The Kier molecular flexibility index (Phi) is 9.50. The van der Waals surface area contributed by atoms with Crippen LogP contribution in [0.4, 0.5) is 0 Å². The van der Waals surface area contributed by atoms with Gasteiger partial charge in [0.2, 0.25) is 0 Å². The normalized spacial score (nSPS) is 41.9. The van der Waals surface area contributed by atoms with Gasteiger partial charge in [0.15, 0.2) is 5.82 Å². The van der Waals surface area contributed by atoms with Gasteiger partial charge in [-0.05, 0) is 104 Å². The van der Waals surface area contributed by atoms with E-state index in [1.165, 1.54) is 5.57 Å². The Morgan fingerprint density at radius 1 is 1.00 bits per heavy atom. The predicted octanol–water partition coefficient (Wildman–Crippen LogP) is 7.02. The molecule has 54 heavy (non-hydrogen) atoms. The molecule has 0 spiro atoms. The molecule has 2 aliphatic heterocycles. The van der Waals surface area contributed by atoms with Crippen LogP contribution in [0.5, 0.6) is 0 Å². The van der Waals surface area contributed by atoms with Gasteiger partial charge in [-0.1, -0.05) is 60.1 Å². The zero-order chi connectivity index (χ0) is 38.3. The number of nitrogens with one attached hydrogen (secondary N) is 1. The summed E-state index contributed by atoms with van der Waals surface area (Å²) in [4.78, 5) is 27.2. The number of aromatic nitrogens is 5. The number of likely N-dealkylation sites (N-methyl/N-ethyl adjacent to an activating group) is 1. The highest BCUT2D eigenvalue weighted by molar-refractivity contribution is 5.73. The van der Waals surface area contributed by atoms with E-state index in [-0.39, 0.29) is 39.8 Å². The van der Waals surface area contributed by atoms with E-state index < -0.39 is 22.7 Å². The van der Waals surface area contributed by atoms with Crippen molar-refractivity contribution < 1.29 is 24.1 Å². The molecule has 0 amide bonds. The van der Waals surface area contributed by atoms with Crippen LogP contribution in [-0.2, 0) is 19.0 Å². The van der Waals surface area contributed by atoms with Crippen molar-refractivity contribution in [2.45, 2.75) is 118 Å². The van der Waals surface area contributed by atoms with Crippen molar-refractivity contribution in [1.82, 2.24) is 30.0 Å². The smallest absolute Gasteiger partial charge is 0.307 e. The minimum atomic E-state index is -0.632. The fraction of sp³-hybridized carbons (Fsp3) is 0.791. The Balaban J connectivity index is 1.28. The van der Waals surface area contributed by atoms with Gasteiger partial charge in [-0.2, -0.15) is 5.10 Å². The molecule has 8 rings (SSSR count). The zero-order valence-electron chi connectivity index (χ0n) is 33.9. The van der Waals surface area contributed by atoms with Crippen LogP contribution in [0.25, 0.3) is 11.4 Å². The number of allylic oxidation sites excluding steroid dienone is 1. The fourth-order valence-electron chi connectivity index (χ4n) is 13.7. The summed E-state index contributed by atoms with van der Waals surface area (Å²) < 4.78 is 22.4. The van der Waals surface area contributed by atoms with Crippen molar-refractivity contribution in [1.29, 1.82) is 0 Å². The first-order valence-electron chi connectivity index (χ1n) is 20.7. The maximum atomic E-state index is 13.7. The van der Waals surface area contributed by atoms with Gasteiger partial charge in [-0.25, -0.2) is 19.6 Å². The van der Waals surface area contributed by atoms with Gasteiger partial charge < -0.3 is 24.6 Å². The van der Waals surface area contributed by atoms with Crippen molar-refractivity contribution in [3.8, 4) is 11.4 Å². The first-order chi connectivity index (χ1) is 25.7. The number of hydrogen-bond acceptors (Lipinski definition) is 9. The Bertz CT molecular complexity index is 1740. The minimum absolute atomic E-state index is 0.115. The van der Waals surface area contributed by atoms with E-state index >= 15 is 0 Å². The number of carboxylic acid groups (broad SMARTS) is 1. The molecule has 0 unspecified atom stereocenters. The molecule has 3 saturated carbocycles. The van der Waals surface area contributed by atoms with Crippen molar-refractivity contribution in [2.24, 2.45) is 56.7 Å². The molecule has 2 N–H and O–H groups in total. The van der Waals surface area contributed by atoms with Gasteiger partial charge in [-0.3, -0.25) is 4.79 Å². The molecule has 4 heterocycles. The lowest BCUT2D eigenvalue weighted by Crippen LogP contribution is -2.70. The summed E-state index contributed by atoms with van der Waals surface area (Å²) in [6, 6.07) is -0.115. The topological polar surface area (TPSA) is 134 Å². The van der Waals surface area contributed by atoms with Gasteiger partial charge >= 0.3 is 5.97 Å². The first-order valence-corrected chi connectivity index (χ1v) is 20.7. The number of hydrogen-bond donors (Lipinski definition) is 2. The second-order valence-electron chi connectivity index (χ2n) is 19.7. The standard InChI is InChI=1S/C43H64N6O5/c1-27(2)28(3)39(5)13-14-40(6)30-9-10-33-38(4)19-32(49-36(47-26-48-49)29-20-45-25-46-21-29)35(54-23-42(44-8)15-17-52-18-16-42)43(33,24-53-22-38)31(30)11-12-41(40,7)34(39)37(50)51/h11,20-21,25-28,30,32-35,44H,9-10,12-19,22-24H2,1-8H3,(H,50,51)/t28-,30+,32-,33-,34-,35+,38-,39-,40-,41+,43+/m1/s1. The third kappa shape index (κ3) is 5.37. The summed E-state index contributed by atoms with van der Waals surface area (Å²) in [5.41, 5.74) is 0.669. The molecule has 0 aromatic carbocycles. The van der Waals surface area contributed by atoms with Crippen LogP contribution < -0.4 is 5.32 Å². The highest BCUT2D eigenvalue weighted by Gasteiger charge is 2.73. The van der Waals surface area contributed by atoms with Crippen molar-refractivity contribution in [2.75, 3.05) is 40.1 Å². The molecule has 2 aromatic heterocycles. The summed E-state index contributed by atoms with van der Waals surface area (Å²) >= 11 is 0. The van der Waals surface area contributed by atoms with Crippen LogP contribution >= 0.6 is 0 Å². The van der Waals surface area contributed by atoms with Gasteiger partial charge in [0.25, 0.3) is 0 Å². The lowest BCUT2D eigenvalue weighted by Gasteiger charge is -2.71. The van der Waals surface area contributed by atoms with Gasteiger partial charge in [0.1, 0.15) is 12.7 Å². The summed E-state index contributed by atoms with van der Waals surface area (Å²) in [5.74, 6) is 0.955. The SMILES string of the molecule is CNC1(CO[C@H]2[C@H](n3ncnc3-c3cncnc3)C[C@]3(C)COC[C@@]24C2=CC[C@@]5(C)[C@H](C(=O)O)[C@@](C)([C@H](C)C(C)C)CC[C@]5(C)[C@H]2CC[C@H]34)CCOCC1. The Hall–Kier alpha value is -2.73. The van der Waals surface area contributed by atoms with Crippen molar-refractivity contribution >= 4 is 5.97 Å². The second kappa shape index (κ2) is 13.4. The Morgan fingerprint density at radius 2 is 1.74 bits per heavy atom. The molecule has 11 nitrogen and oxygen atoms in total. The zero-order valence-corrected chi connectivity index (χ0v) is 33.9. The van der Waals surface area contributed by atoms with Gasteiger partial charge in [0.05, 0.1) is 43.4 Å². The number of rotatable bonds is 9. The highest BCUT2D eigenvalue weighted by atomic mass is 16.5. The summed E-state index contributed by atoms with van der Waals surface area (Å²) in [6.07, 6.45) is 16.5. The summed E-state index contributed by atoms with van der Waals surface area (Å²) in [5, 5.41) is 19.9. The van der Waals surface area contributed by atoms with Gasteiger partial charge in [0, 0.05) is 36.6 Å². The van der Waals surface area contributed by atoms with E-state index in [4.69, 9.17) is 24.3 Å². The van der Waals surface area contributed by atoms with E-state index in [1.54, 1.807) is 12.7 Å². The Morgan fingerprint density at radius 3 is 2.43 bits per heavy atom. The molecular formula is C43H64N6O5. The highest BCUT2D eigenvalue weighted by Crippen LogP contribution is 2.75. The third-order valence-electron chi connectivity index (χ3n) is 17.2. The fourth-order valence-corrected chi connectivity index (χ4v) is 13.7. The molecule has 296 valence electrons. The Labute approximate surface area is 321 Å². The van der Waals surface area contributed by atoms with Crippen molar-refractivity contribution in [3.05, 3.63) is 36.7 Å². The third-order valence-corrected chi connectivity index (χ3v) is 17.2. The molecule has 0 radical (unpaired) electrons. The van der Waals surface area contributed by atoms with Gasteiger partial charge in [-0.15, -0.1) is 0 Å². The number of fused-ring (bicyclic) bond motifs is 3. The lowest BCUT2D eigenvalue weighted by atomic mass is 9.34. The number of nitrogens with zero attached hydrogens (tertiary/aromatic N) is 5. The quantitative estimate of drug-likeness (QED) is 0.258. The first kappa shape index (κ1) is 38.2. The summed E-state index contributed by atoms with van der Waals surface area (Å²) in [7, 11) is 2.05. The predicted molar refractivity (Wildman–Crippen MR) is 205 cm³/mol. The average molecular weight is 745 g/mol. The number of carboxylic acids is 1. The molecule has 2 aromatic rings. The van der Waals surface area contributed by atoms with Crippen LogP contribution in [0.3, 0.4) is 0 Å². The van der Waals surface area contributed by atoms with E-state index in [9.17, 15) is 9.90 Å². The van der Waals surface area contributed by atoms with Crippen LogP contribution in [0.1, 0.15) is 106 Å². The summed E-state index contributed by atoms with van der Waals surface area (Å²) in [6.45, 7) is 19.6. The molecule has 2 saturated heterocycles. The van der Waals surface area contributed by atoms with E-state index in [2.05, 4.69) is 81.6 Å². The molecule has 11 atom stereocenters. The van der Waals surface area contributed by atoms with Crippen LogP contribution in [0.15, 0.2) is 36.7 Å². The number of ether oxygens (including phenoxy) is 3. The van der Waals surface area contributed by atoms with Crippen molar-refractivity contribution in [3.63, 3.8) is 0 Å². The van der Waals surface area contributed by atoms with E-state index in [1.807, 2.05) is 12.4 Å². The molecule has 5 fully saturated rings. The van der Waals surface area contributed by atoms with E-state index in [0.717, 1.165) is 62.8 Å². The molecule has 11 heteroatoms.